The van der Waals surface area contributed by atoms with Crippen molar-refractivity contribution >= 4 is 18.2 Å². The van der Waals surface area contributed by atoms with Gasteiger partial charge in [0.2, 0.25) is 0 Å². The number of benzene rings is 1. The molecule has 2 rings (SSSR count). The zero-order valence-electron chi connectivity index (χ0n) is 10.7. The predicted molar refractivity (Wildman–Crippen MR) is 74.4 cm³/mol. The van der Waals surface area contributed by atoms with Crippen molar-refractivity contribution in [3.05, 3.63) is 23.3 Å². The van der Waals surface area contributed by atoms with Crippen LogP contribution in [0.25, 0.3) is 0 Å². The summed E-state index contributed by atoms with van der Waals surface area (Å²) < 4.78 is 10.7. The number of amidine groups is 1. The van der Waals surface area contributed by atoms with Gasteiger partial charge in [0.05, 0.1) is 20.1 Å². The van der Waals surface area contributed by atoms with E-state index in [1.165, 1.54) is 0 Å². The average Bonchev–Trinajstić information content (AvgIpc) is 2.36. The topological polar surface area (TPSA) is 68.3 Å². The van der Waals surface area contributed by atoms with Gasteiger partial charge in [0.25, 0.3) is 0 Å². The van der Waals surface area contributed by atoms with Crippen LogP contribution in [-0.4, -0.2) is 20.1 Å². The molecule has 1 aliphatic carbocycles. The second kappa shape index (κ2) is 5.96. The molecule has 1 aliphatic rings. The van der Waals surface area contributed by atoms with Crippen molar-refractivity contribution in [3.63, 3.8) is 0 Å². The van der Waals surface area contributed by atoms with Crippen molar-refractivity contribution in [1.29, 1.82) is 5.41 Å². The number of fused-ring (bicyclic) bond motifs is 1. The molecule has 1 aromatic rings. The molecule has 0 saturated carbocycles. The highest BCUT2D eigenvalue weighted by atomic mass is 35.5. The van der Waals surface area contributed by atoms with E-state index in [0.717, 1.165) is 41.9 Å². The van der Waals surface area contributed by atoms with Gasteiger partial charge in [-0.05, 0) is 30.9 Å². The first-order valence-corrected chi connectivity index (χ1v) is 5.76. The van der Waals surface area contributed by atoms with Crippen LogP contribution in [0.4, 0.5) is 0 Å². The van der Waals surface area contributed by atoms with Gasteiger partial charge in [-0.3, -0.25) is 5.41 Å². The largest absolute Gasteiger partial charge is 0.493 e. The number of nitrogens with one attached hydrogen (secondary N) is 1. The summed E-state index contributed by atoms with van der Waals surface area (Å²) >= 11 is 0. The predicted octanol–water partition coefficient (Wildman–Crippen LogP) is 2.48. The molecule has 0 aromatic heterocycles. The number of nitrogens with two attached hydrogens (primary N) is 1. The minimum atomic E-state index is 0. The Bertz CT molecular complexity index is 449. The van der Waals surface area contributed by atoms with E-state index < -0.39 is 0 Å². The molecule has 0 heterocycles. The van der Waals surface area contributed by atoms with E-state index in [1.807, 2.05) is 12.1 Å². The lowest BCUT2D eigenvalue weighted by Crippen LogP contribution is -2.24. The van der Waals surface area contributed by atoms with Gasteiger partial charge in [-0.15, -0.1) is 12.4 Å². The molecule has 1 aromatic carbocycles. The third-order valence-electron chi connectivity index (χ3n) is 3.36. The monoisotopic (exact) mass is 270 g/mol. The number of halogens is 1. The summed E-state index contributed by atoms with van der Waals surface area (Å²) in [6, 6.07) is 3.89. The highest BCUT2D eigenvalue weighted by Gasteiger charge is 2.26. The lowest BCUT2D eigenvalue weighted by atomic mass is 9.81. The zero-order valence-corrected chi connectivity index (χ0v) is 11.5. The SMILES string of the molecule is COc1ccc2c(c1OC)CCCC2C(=N)N.Cl. The van der Waals surface area contributed by atoms with E-state index in [-0.39, 0.29) is 24.2 Å². The lowest BCUT2D eigenvalue weighted by Gasteiger charge is -2.26. The number of rotatable bonds is 3. The molecule has 4 nitrogen and oxygen atoms in total. The van der Waals surface area contributed by atoms with Crippen LogP contribution in [0, 0.1) is 5.41 Å². The van der Waals surface area contributed by atoms with E-state index in [1.54, 1.807) is 14.2 Å². The molecule has 1 unspecified atom stereocenters. The van der Waals surface area contributed by atoms with Crippen LogP contribution in [-0.2, 0) is 6.42 Å². The Balaban J connectivity index is 0.00000162. The summed E-state index contributed by atoms with van der Waals surface area (Å²) in [5.74, 6) is 1.79. The molecule has 0 spiro atoms. The molecule has 0 radical (unpaired) electrons. The molecule has 0 bridgehead atoms. The maximum Gasteiger partial charge on any atom is 0.164 e. The fourth-order valence-corrected chi connectivity index (χ4v) is 2.55. The Hall–Kier alpha value is -1.42. The van der Waals surface area contributed by atoms with Gasteiger partial charge < -0.3 is 15.2 Å². The second-order valence-electron chi connectivity index (χ2n) is 4.27. The second-order valence-corrected chi connectivity index (χ2v) is 4.27. The van der Waals surface area contributed by atoms with Gasteiger partial charge in [-0.25, -0.2) is 0 Å². The molecule has 0 aliphatic heterocycles. The van der Waals surface area contributed by atoms with Crippen LogP contribution in [0.3, 0.4) is 0 Å². The molecule has 0 amide bonds. The van der Waals surface area contributed by atoms with Crippen molar-refractivity contribution in [2.75, 3.05) is 14.2 Å². The average molecular weight is 271 g/mol. The van der Waals surface area contributed by atoms with Crippen LogP contribution in [0.1, 0.15) is 29.9 Å². The summed E-state index contributed by atoms with van der Waals surface area (Å²) in [7, 11) is 3.28. The molecule has 0 fully saturated rings. The molecule has 1 atom stereocenters. The van der Waals surface area contributed by atoms with E-state index in [0.29, 0.717) is 0 Å². The fourth-order valence-electron chi connectivity index (χ4n) is 2.55. The van der Waals surface area contributed by atoms with Crippen LogP contribution in [0.15, 0.2) is 12.1 Å². The Labute approximate surface area is 113 Å². The third-order valence-corrected chi connectivity index (χ3v) is 3.36. The molecule has 18 heavy (non-hydrogen) atoms. The van der Waals surface area contributed by atoms with E-state index in [4.69, 9.17) is 20.6 Å². The maximum absolute atomic E-state index is 7.65. The van der Waals surface area contributed by atoms with Gasteiger partial charge >= 0.3 is 0 Å². The zero-order chi connectivity index (χ0) is 12.4. The van der Waals surface area contributed by atoms with Crippen LogP contribution < -0.4 is 15.2 Å². The van der Waals surface area contributed by atoms with Crippen molar-refractivity contribution in [2.45, 2.75) is 25.2 Å². The number of methoxy groups -OCH3 is 2. The van der Waals surface area contributed by atoms with Gasteiger partial charge in [0.1, 0.15) is 0 Å². The van der Waals surface area contributed by atoms with Gasteiger partial charge in [-0.1, -0.05) is 6.07 Å². The summed E-state index contributed by atoms with van der Waals surface area (Å²) in [6.07, 6.45) is 2.93. The van der Waals surface area contributed by atoms with Gasteiger partial charge in [-0.2, -0.15) is 0 Å². The van der Waals surface area contributed by atoms with Crippen molar-refractivity contribution in [3.8, 4) is 11.5 Å². The fraction of sp³-hybridized carbons (Fsp3) is 0.462. The Morgan fingerprint density at radius 3 is 2.61 bits per heavy atom. The minimum Gasteiger partial charge on any atom is -0.493 e. The Morgan fingerprint density at radius 1 is 1.33 bits per heavy atom. The van der Waals surface area contributed by atoms with Crippen molar-refractivity contribution < 1.29 is 9.47 Å². The summed E-state index contributed by atoms with van der Waals surface area (Å²) in [6.45, 7) is 0. The first kappa shape index (κ1) is 14.6. The van der Waals surface area contributed by atoms with E-state index >= 15 is 0 Å². The summed E-state index contributed by atoms with van der Waals surface area (Å²) in [5.41, 5.74) is 7.91. The third kappa shape index (κ3) is 2.38. The van der Waals surface area contributed by atoms with Crippen LogP contribution >= 0.6 is 12.4 Å². The molecule has 3 N–H and O–H groups in total. The van der Waals surface area contributed by atoms with Crippen molar-refractivity contribution in [2.24, 2.45) is 5.73 Å². The Kier molecular flexibility index (Phi) is 4.84. The standard InChI is InChI=1S/C13H18N2O2.ClH/c1-16-11-7-6-8-9(12(11)17-2)4-3-5-10(8)13(14)15;/h6-7,10H,3-5H2,1-2H3,(H3,14,15);1H. The summed E-state index contributed by atoms with van der Waals surface area (Å²) in [4.78, 5) is 0. The number of hydrogen-bond acceptors (Lipinski definition) is 3. The quantitative estimate of drug-likeness (QED) is 0.655. The molecule has 0 saturated heterocycles. The van der Waals surface area contributed by atoms with Gasteiger partial charge in [0, 0.05) is 11.5 Å². The first-order chi connectivity index (χ1) is 8.19. The molecule has 5 heteroatoms. The highest BCUT2D eigenvalue weighted by Crippen LogP contribution is 2.41. The molecule has 100 valence electrons. The minimum absolute atomic E-state index is 0. The van der Waals surface area contributed by atoms with Crippen LogP contribution in [0.5, 0.6) is 11.5 Å². The van der Waals surface area contributed by atoms with Crippen molar-refractivity contribution in [1.82, 2.24) is 0 Å². The van der Waals surface area contributed by atoms with Gasteiger partial charge in [0.15, 0.2) is 11.5 Å². The van der Waals surface area contributed by atoms with Crippen LogP contribution in [0.2, 0.25) is 0 Å². The first-order valence-electron chi connectivity index (χ1n) is 5.76. The molecular formula is C13H19ClN2O2. The number of ether oxygens (including phenoxy) is 2. The maximum atomic E-state index is 7.65. The van der Waals surface area contributed by atoms with E-state index in [2.05, 4.69) is 0 Å². The Morgan fingerprint density at radius 2 is 2.06 bits per heavy atom. The molecular weight excluding hydrogens is 252 g/mol. The normalized spacial score (nSPS) is 17.3. The van der Waals surface area contributed by atoms with E-state index in [9.17, 15) is 0 Å². The number of hydrogen-bond donors (Lipinski definition) is 2. The highest BCUT2D eigenvalue weighted by molar-refractivity contribution is 5.86. The summed E-state index contributed by atoms with van der Waals surface area (Å²) in [5, 5.41) is 7.65. The lowest BCUT2D eigenvalue weighted by molar-refractivity contribution is 0.349. The smallest absolute Gasteiger partial charge is 0.164 e.